The summed E-state index contributed by atoms with van der Waals surface area (Å²) >= 11 is 0. The Morgan fingerprint density at radius 1 is 1.20 bits per heavy atom. The van der Waals surface area contributed by atoms with Crippen molar-refractivity contribution in [2.45, 2.75) is 39.5 Å². The summed E-state index contributed by atoms with van der Waals surface area (Å²) < 4.78 is 0. The van der Waals surface area contributed by atoms with Gasteiger partial charge in [0.2, 0.25) is 0 Å². The summed E-state index contributed by atoms with van der Waals surface area (Å²) in [6, 6.07) is 0. The fraction of sp³-hybridized carbons (Fsp3) is 0.800. The van der Waals surface area contributed by atoms with E-state index >= 15 is 0 Å². The van der Waals surface area contributed by atoms with E-state index in [1.807, 2.05) is 0 Å². The molecule has 2 unspecified atom stereocenters. The van der Waals surface area contributed by atoms with Gasteiger partial charge in [-0.2, -0.15) is 0 Å². The second-order valence-corrected chi connectivity index (χ2v) is 3.30. The van der Waals surface area contributed by atoms with Crippen molar-refractivity contribution in [3.8, 4) is 0 Å². The van der Waals surface area contributed by atoms with E-state index in [2.05, 4.69) is 27.7 Å². The zero-order valence-corrected chi connectivity index (χ0v) is 7.40. The molecule has 0 heterocycles. The van der Waals surface area contributed by atoms with Crippen molar-refractivity contribution in [2.24, 2.45) is 11.8 Å². The second-order valence-electron chi connectivity index (χ2n) is 3.30. The molecule has 0 aromatic heterocycles. The van der Waals surface area contributed by atoms with Crippen LogP contribution in [0.15, 0.2) is 0 Å². The maximum absolute atomic E-state index is 4.00. The predicted octanol–water partition coefficient (Wildman–Crippen LogP) is 3.49. The SMILES string of the molecule is [CH2]CCCCC(C)C([CH2])C. The van der Waals surface area contributed by atoms with Gasteiger partial charge in [-0.3, -0.25) is 0 Å². The Morgan fingerprint density at radius 2 is 1.80 bits per heavy atom. The van der Waals surface area contributed by atoms with Crippen molar-refractivity contribution in [1.29, 1.82) is 0 Å². The molecule has 60 valence electrons. The minimum absolute atomic E-state index is 0.602. The summed E-state index contributed by atoms with van der Waals surface area (Å²) in [5.74, 6) is 1.39. The molecule has 10 heavy (non-hydrogen) atoms. The van der Waals surface area contributed by atoms with Gasteiger partial charge in [-0.15, -0.1) is 0 Å². The van der Waals surface area contributed by atoms with Crippen molar-refractivity contribution in [3.63, 3.8) is 0 Å². The van der Waals surface area contributed by atoms with E-state index in [4.69, 9.17) is 0 Å². The Labute approximate surface area is 66.0 Å². The molecule has 0 aliphatic heterocycles. The number of hydrogen-bond acceptors (Lipinski definition) is 0. The summed E-state index contributed by atoms with van der Waals surface area (Å²) in [7, 11) is 0. The average Bonchev–Trinajstić information content (AvgIpc) is 1.88. The average molecular weight is 140 g/mol. The van der Waals surface area contributed by atoms with Crippen LogP contribution in [0, 0.1) is 25.7 Å². The molecule has 0 amide bonds. The standard InChI is InChI=1S/C10H20/c1-5-6-7-8-10(4)9(2)3/h9-10H,1-2,5-8H2,3-4H3. The molecule has 0 rings (SSSR count). The maximum atomic E-state index is 4.00. The lowest BCUT2D eigenvalue weighted by molar-refractivity contribution is 0.408. The Bertz CT molecular complexity index is 64.4. The first kappa shape index (κ1) is 10.0. The van der Waals surface area contributed by atoms with E-state index in [-0.39, 0.29) is 0 Å². The van der Waals surface area contributed by atoms with E-state index in [1.54, 1.807) is 0 Å². The van der Waals surface area contributed by atoms with Gasteiger partial charge >= 0.3 is 0 Å². The van der Waals surface area contributed by atoms with Crippen LogP contribution in [0.1, 0.15) is 39.5 Å². The van der Waals surface area contributed by atoms with Gasteiger partial charge < -0.3 is 0 Å². The topological polar surface area (TPSA) is 0 Å². The molecule has 0 heteroatoms. The fourth-order valence-electron chi connectivity index (χ4n) is 0.928. The van der Waals surface area contributed by atoms with E-state index in [0.717, 1.165) is 12.3 Å². The molecular weight excluding hydrogens is 120 g/mol. The predicted molar refractivity (Wildman–Crippen MR) is 47.5 cm³/mol. The summed E-state index contributed by atoms with van der Waals surface area (Å²) in [5, 5.41) is 0. The van der Waals surface area contributed by atoms with Crippen LogP contribution in [0.2, 0.25) is 0 Å². The molecular formula is C10H20. The van der Waals surface area contributed by atoms with E-state index in [9.17, 15) is 0 Å². The van der Waals surface area contributed by atoms with Gasteiger partial charge in [0.1, 0.15) is 0 Å². The molecule has 0 saturated carbocycles. The molecule has 0 aromatic rings. The summed E-state index contributed by atoms with van der Waals surface area (Å²) in [5.41, 5.74) is 0. The first-order valence-electron chi connectivity index (χ1n) is 4.30. The van der Waals surface area contributed by atoms with E-state index < -0.39 is 0 Å². The molecule has 0 spiro atoms. The Morgan fingerprint density at radius 3 is 2.20 bits per heavy atom. The van der Waals surface area contributed by atoms with Crippen LogP contribution < -0.4 is 0 Å². The van der Waals surface area contributed by atoms with Crippen molar-refractivity contribution in [2.75, 3.05) is 0 Å². The Kier molecular flexibility index (Phi) is 5.76. The summed E-state index contributed by atoms with van der Waals surface area (Å²) in [6.07, 6.45) is 5.00. The molecule has 0 fully saturated rings. The first-order chi connectivity index (χ1) is 4.68. The fourth-order valence-corrected chi connectivity index (χ4v) is 0.928. The van der Waals surface area contributed by atoms with Gasteiger partial charge in [0.25, 0.3) is 0 Å². The van der Waals surface area contributed by atoms with E-state index in [0.29, 0.717) is 5.92 Å². The van der Waals surface area contributed by atoms with Crippen LogP contribution in [0.5, 0.6) is 0 Å². The van der Waals surface area contributed by atoms with Gasteiger partial charge in [-0.05, 0) is 11.8 Å². The highest BCUT2D eigenvalue weighted by atomic mass is 14.1. The van der Waals surface area contributed by atoms with Crippen LogP contribution in [-0.4, -0.2) is 0 Å². The van der Waals surface area contributed by atoms with Crippen LogP contribution in [0.4, 0.5) is 0 Å². The smallest absolute Gasteiger partial charge is 0.0417 e. The zero-order chi connectivity index (χ0) is 7.98. The highest BCUT2D eigenvalue weighted by molar-refractivity contribution is 4.63. The zero-order valence-electron chi connectivity index (χ0n) is 7.40. The Hall–Kier alpha value is 0. The van der Waals surface area contributed by atoms with Gasteiger partial charge in [-0.25, -0.2) is 0 Å². The van der Waals surface area contributed by atoms with Crippen LogP contribution in [0.3, 0.4) is 0 Å². The highest BCUT2D eigenvalue weighted by Crippen LogP contribution is 2.16. The third-order valence-electron chi connectivity index (χ3n) is 2.13. The minimum atomic E-state index is 0.602. The third-order valence-corrected chi connectivity index (χ3v) is 2.13. The molecule has 0 aliphatic carbocycles. The monoisotopic (exact) mass is 140 g/mol. The molecule has 2 atom stereocenters. The van der Waals surface area contributed by atoms with Gasteiger partial charge in [0, 0.05) is 0 Å². The highest BCUT2D eigenvalue weighted by Gasteiger charge is 2.05. The number of rotatable bonds is 5. The minimum Gasteiger partial charge on any atom is -0.0623 e. The number of hydrogen-bond donors (Lipinski definition) is 0. The number of unbranched alkanes of at least 4 members (excludes halogenated alkanes) is 2. The normalized spacial score (nSPS) is 14.1. The van der Waals surface area contributed by atoms with Crippen molar-refractivity contribution < 1.29 is 0 Å². The first-order valence-corrected chi connectivity index (χ1v) is 4.30. The largest absolute Gasteiger partial charge is 0.0623 e. The molecule has 0 aromatic carbocycles. The quantitative estimate of drug-likeness (QED) is 0.513. The van der Waals surface area contributed by atoms with Gasteiger partial charge in [-0.1, -0.05) is 53.4 Å². The lowest BCUT2D eigenvalue weighted by Gasteiger charge is -2.14. The molecule has 0 aliphatic rings. The van der Waals surface area contributed by atoms with Crippen LogP contribution >= 0.6 is 0 Å². The molecule has 2 radical (unpaired) electrons. The van der Waals surface area contributed by atoms with Gasteiger partial charge in [0.05, 0.1) is 0 Å². The lowest BCUT2D eigenvalue weighted by atomic mass is 9.92. The van der Waals surface area contributed by atoms with Gasteiger partial charge in [0.15, 0.2) is 0 Å². The van der Waals surface area contributed by atoms with Crippen molar-refractivity contribution in [1.82, 2.24) is 0 Å². The van der Waals surface area contributed by atoms with Crippen LogP contribution in [0.25, 0.3) is 0 Å². The molecule has 0 N–H and O–H groups in total. The van der Waals surface area contributed by atoms with Crippen molar-refractivity contribution in [3.05, 3.63) is 13.8 Å². The summed E-state index contributed by atoms with van der Waals surface area (Å²) in [4.78, 5) is 0. The maximum Gasteiger partial charge on any atom is -0.0417 e. The van der Waals surface area contributed by atoms with Crippen LogP contribution in [-0.2, 0) is 0 Å². The third kappa shape index (κ3) is 4.84. The molecule has 0 nitrogen and oxygen atoms in total. The molecule has 0 saturated heterocycles. The van der Waals surface area contributed by atoms with Crippen molar-refractivity contribution >= 4 is 0 Å². The Balaban J connectivity index is 3.13. The lowest BCUT2D eigenvalue weighted by Crippen LogP contribution is -2.03. The molecule has 0 bridgehead atoms. The van der Waals surface area contributed by atoms with E-state index in [1.165, 1.54) is 19.3 Å². The second kappa shape index (κ2) is 5.76. The summed E-state index contributed by atoms with van der Waals surface area (Å²) in [6.45, 7) is 12.3.